The van der Waals surface area contributed by atoms with Crippen LogP contribution in [0, 0.1) is 6.92 Å². The molecule has 0 amide bonds. The van der Waals surface area contributed by atoms with Gasteiger partial charge in [-0.3, -0.25) is 5.10 Å². The number of aryl methyl sites for hydroxylation is 1. The monoisotopic (exact) mass is 250 g/mol. The van der Waals surface area contributed by atoms with Crippen molar-refractivity contribution in [2.24, 2.45) is 0 Å². The van der Waals surface area contributed by atoms with Gasteiger partial charge in [0.1, 0.15) is 16.7 Å². The van der Waals surface area contributed by atoms with Crippen LogP contribution in [0.1, 0.15) is 5.69 Å². The molecule has 92 valence electrons. The predicted molar refractivity (Wildman–Crippen MR) is 71.6 cm³/mol. The Hall–Kier alpha value is -2.69. The Balaban J connectivity index is 2.24. The van der Waals surface area contributed by atoms with Crippen LogP contribution in [-0.2, 0) is 0 Å². The fourth-order valence-electron chi connectivity index (χ4n) is 2.34. The Morgan fingerprint density at radius 2 is 1.89 bits per heavy atom. The van der Waals surface area contributed by atoms with Gasteiger partial charge in [-0.1, -0.05) is 29.4 Å². The first-order valence-electron chi connectivity index (χ1n) is 5.99. The Morgan fingerprint density at radius 3 is 2.68 bits per heavy atom. The number of hydrogen-bond donors (Lipinski definition) is 1. The summed E-state index contributed by atoms with van der Waals surface area (Å²) in [6.07, 6.45) is 1.62. The van der Waals surface area contributed by atoms with Crippen molar-refractivity contribution in [3.63, 3.8) is 0 Å². The van der Waals surface area contributed by atoms with Crippen molar-refractivity contribution in [2.75, 3.05) is 0 Å². The summed E-state index contributed by atoms with van der Waals surface area (Å²) in [6, 6.07) is 9.85. The van der Waals surface area contributed by atoms with Crippen LogP contribution >= 0.6 is 0 Å². The van der Waals surface area contributed by atoms with E-state index < -0.39 is 0 Å². The normalized spacial score (nSPS) is 11.4. The molecule has 0 aliphatic heterocycles. The van der Waals surface area contributed by atoms with E-state index in [0.717, 1.165) is 33.2 Å². The standard InChI is InChI=1S/C14H10N4O/c1-8-12-14(18-17-8)10-5-3-2-4-9(10)13(16-12)11-6-7-15-19-11/h2-7H,1H3,(H,17,18). The molecule has 19 heavy (non-hydrogen) atoms. The van der Waals surface area contributed by atoms with E-state index in [1.54, 1.807) is 6.20 Å². The number of H-pyrrole nitrogens is 1. The lowest BCUT2D eigenvalue weighted by Crippen LogP contribution is -1.87. The molecule has 0 radical (unpaired) electrons. The van der Waals surface area contributed by atoms with Crippen LogP contribution in [0.15, 0.2) is 41.1 Å². The third-order valence-corrected chi connectivity index (χ3v) is 3.25. The molecule has 0 spiro atoms. The van der Waals surface area contributed by atoms with Gasteiger partial charge in [-0.2, -0.15) is 5.10 Å². The molecule has 3 aromatic heterocycles. The topological polar surface area (TPSA) is 67.6 Å². The zero-order valence-corrected chi connectivity index (χ0v) is 10.2. The Morgan fingerprint density at radius 1 is 1.05 bits per heavy atom. The lowest BCUT2D eigenvalue weighted by molar-refractivity contribution is 0.431. The fraction of sp³-hybridized carbons (Fsp3) is 0.0714. The fourth-order valence-corrected chi connectivity index (χ4v) is 2.34. The highest BCUT2D eigenvalue weighted by Crippen LogP contribution is 2.31. The van der Waals surface area contributed by atoms with Gasteiger partial charge in [0.2, 0.25) is 0 Å². The van der Waals surface area contributed by atoms with Crippen molar-refractivity contribution >= 4 is 21.8 Å². The van der Waals surface area contributed by atoms with E-state index in [0.29, 0.717) is 5.76 Å². The van der Waals surface area contributed by atoms with Gasteiger partial charge in [0.05, 0.1) is 11.9 Å². The zero-order valence-electron chi connectivity index (χ0n) is 10.2. The number of fused-ring (bicyclic) bond motifs is 3. The maximum atomic E-state index is 5.25. The van der Waals surface area contributed by atoms with Crippen molar-refractivity contribution in [3.8, 4) is 11.5 Å². The molecule has 0 unspecified atom stereocenters. The maximum absolute atomic E-state index is 5.25. The Kier molecular flexibility index (Phi) is 1.97. The largest absolute Gasteiger partial charge is 0.355 e. The molecule has 4 aromatic rings. The van der Waals surface area contributed by atoms with Crippen LogP contribution < -0.4 is 0 Å². The summed E-state index contributed by atoms with van der Waals surface area (Å²) in [7, 11) is 0. The van der Waals surface area contributed by atoms with E-state index in [-0.39, 0.29) is 0 Å². The minimum Gasteiger partial charge on any atom is -0.355 e. The first-order chi connectivity index (χ1) is 9.34. The molecule has 0 aliphatic carbocycles. The first kappa shape index (κ1) is 10.3. The summed E-state index contributed by atoms with van der Waals surface area (Å²) < 4.78 is 5.25. The molecule has 0 saturated carbocycles. The smallest absolute Gasteiger partial charge is 0.185 e. The number of nitrogens with one attached hydrogen (secondary N) is 1. The van der Waals surface area contributed by atoms with Gasteiger partial charge in [0.25, 0.3) is 0 Å². The number of pyridine rings is 1. The molecule has 0 aliphatic rings. The van der Waals surface area contributed by atoms with E-state index in [2.05, 4.69) is 20.3 Å². The summed E-state index contributed by atoms with van der Waals surface area (Å²) in [5.74, 6) is 0.665. The second kappa shape index (κ2) is 3.65. The van der Waals surface area contributed by atoms with Crippen molar-refractivity contribution < 1.29 is 4.52 Å². The summed E-state index contributed by atoms with van der Waals surface area (Å²) in [6.45, 7) is 1.96. The van der Waals surface area contributed by atoms with Crippen LogP contribution in [0.2, 0.25) is 0 Å². The molecule has 1 aromatic carbocycles. The highest BCUT2D eigenvalue weighted by Gasteiger charge is 2.15. The van der Waals surface area contributed by atoms with E-state index in [4.69, 9.17) is 4.52 Å². The second-order valence-electron chi connectivity index (χ2n) is 4.43. The molecule has 0 saturated heterocycles. The lowest BCUT2D eigenvalue weighted by atomic mass is 10.1. The molecular formula is C14H10N4O. The van der Waals surface area contributed by atoms with Gasteiger partial charge in [0.15, 0.2) is 5.76 Å². The van der Waals surface area contributed by atoms with Gasteiger partial charge in [0, 0.05) is 16.8 Å². The lowest BCUT2D eigenvalue weighted by Gasteiger charge is -2.03. The molecule has 4 rings (SSSR count). The number of rotatable bonds is 1. The van der Waals surface area contributed by atoms with Gasteiger partial charge >= 0.3 is 0 Å². The molecule has 0 atom stereocenters. The average Bonchev–Trinajstić information content (AvgIpc) is 3.08. The average molecular weight is 250 g/mol. The molecule has 5 heteroatoms. The third-order valence-electron chi connectivity index (χ3n) is 3.25. The van der Waals surface area contributed by atoms with Crippen molar-refractivity contribution in [2.45, 2.75) is 6.92 Å². The summed E-state index contributed by atoms with van der Waals surface area (Å²) in [4.78, 5) is 4.68. The molecule has 3 heterocycles. The predicted octanol–water partition coefficient (Wildman–Crippen LogP) is 3.07. The summed E-state index contributed by atoms with van der Waals surface area (Å²) in [5.41, 5.74) is 3.49. The number of aromatic nitrogens is 4. The summed E-state index contributed by atoms with van der Waals surface area (Å²) in [5, 5.41) is 13.1. The molecule has 0 fully saturated rings. The van der Waals surface area contributed by atoms with Crippen LogP contribution in [0.5, 0.6) is 0 Å². The second-order valence-corrected chi connectivity index (χ2v) is 4.43. The SMILES string of the molecule is Cc1[nH]nc2c1nc(-c1ccno1)c1ccccc12. The Bertz CT molecular complexity index is 877. The van der Waals surface area contributed by atoms with Crippen molar-refractivity contribution in [1.29, 1.82) is 0 Å². The van der Waals surface area contributed by atoms with E-state index in [1.165, 1.54) is 0 Å². The van der Waals surface area contributed by atoms with Crippen LogP contribution in [0.3, 0.4) is 0 Å². The maximum Gasteiger partial charge on any atom is 0.185 e. The zero-order chi connectivity index (χ0) is 12.8. The third kappa shape index (κ3) is 1.38. The van der Waals surface area contributed by atoms with E-state index in [9.17, 15) is 0 Å². The first-order valence-corrected chi connectivity index (χ1v) is 5.99. The van der Waals surface area contributed by atoms with Gasteiger partial charge < -0.3 is 4.52 Å². The quantitative estimate of drug-likeness (QED) is 0.563. The minimum atomic E-state index is 0.665. The highest BCUT2D eigenvalue weighted by molar-refractivity contribution is 6.09. The van der Waals surface area contributed by atoms with E-state index >= 15 is 0 Å². The highest BCUT2D eigenvalue weighted by atomic mass is 16.5. The molecular weight excluding hydrogens is 240 g/mol. The van der Waals surface area contributed by atoms with Gasteiger partial charge in [-0.05, 0) is 6.92 Å². The number of nitrogens with zero attached hydrogens (tertiary/aromatic N) is 3. The Labute approximate surface area is 108 Å². The van der Waals surface area contributed by atoms with Crippen LogP contribution in [-0.4, -0.2) is 20.3 Å². The minimum absolute atomic E-state index is 0.665. The van der Waals surface area contributed by atoms with Crippen molar-refractivity contribution in [1.82, 2.24) is 20.3 Å². The molecule has 5 nitrogen and oxygen atoms in total. The van der Waals surface area contributed by atoms with E-state index in [1.807, 2.05) is 37.3 Å². The number of aromatic amines is 1. The van der Waals surface area contributed by atoms with Gasteiger partial charge in [-0.15, -0.1) is 0 Å². The number of benzene rings is 1. The van der Waals surface area contributed by atoms with Crippen LogP contribution in [0.25, 0.3) is 33.3 Å². The van der Waals surface area contributed by atoms with Crippen molar-refractivity contribution in [3.05, 3.63) is 42.2 Å². The van der Waals surface area contributed by atoms with Crippen LogP contribution in [0.4, 0.5) is 0 Å². The molecule has 0 bridgehead atoms. The van der Waals surface area contributed by atoms with Gasteiger partial charge in [-0.25, -0.2) is 4.98 Å². The summed E-state index contributed by atoms with van der Waals surface area (Å²) >= 11 is 0. The molecule has 1 N–H and O–H groups in total. The number of hydrogen-bond acceptors (Lipinski definition) is 4.